The molecule has 0 aliphatic heterocycles. The van der Waals surface area contributed by atoms with Crippen LogP contribution in [0, 0.1) is 6.92 Å². The molecule has 0 fully saturated rings. The standard InChI is InChI=1S/C13H21NO5S2/c1-12-5-3-6-13(11-12)21(18,19)10-4-7-14(8-9-15)20(2,16)17/h3,5-6,11,15H,4,7-10H2,1-2H3. The zero-order chi connectivity index (χ0) is 16.1. The second-order valence-electron chi connectivity index (χ2n) is 4.87. The van der Waals surface area contributed by atoms with Crippen molar-refractivity contribution < 1.29 is 21.9 Å². The van der Waals surface area contributed by atoms with E-state index in [2.05, 4.69) is 0 Å². The number of sulfone groups is 1. The molecule has 120 valence electrons. The number of hydrogen-bond acceptors (Lipinski definition) is 5. The van der Waals surface area contributed by atoms with Crippen molar-refractivity contribution in [3.8, 4) is 0 Å². The van der Waals surface area contributed by atoms with Crippen LogP contribution >= 0.6 is 0 Å². The number of aliphatic hydroxyl groups excluding tert-OH is 1. The maximum atomic E-state index is 12.2. The summed E-state index contributed by atoms with van der Waals surface area (Å²) in [6.45, 7) is 1.57. The van der Waals surface area contributed by atoms with Crippen molar-refractivity contribution in [2.45, 2.75) is 18.2 Å². The fourth-order valence-electron chi connectivity index (χ4n) is 1.91. The highest BCUT2D eigenvalue weighted by atomic mass is 32.2. The SMILES string of the molecule is Cc1cccc(S(=O)(=O)CCCN(CCO)S(C)(=O)=O)c1. The van der Waals surface area contributed by atoms with E-state index in [9.17, 15) is 16.8 Å². The summed E-state index contributed by atoms with van der Waals surface area (Å²) in [5.41, 5.74) is 0.856. The van der Waals surface area contributed by atoms with Crippen molar-refractivity contribution in [3.63, 3.8) is 0 Å². The Kier molecular flexibility index (Phi) is 6.33. The molecule has 0 unspecified atom stereocenters. The van der Waals surface area contributed by atoms with Gasteiger partial charge < -0.3 is 5.11 Å². The van der Waals surface area contributed by atoms with Gasteiger partial charge in [-0.05, 0) is 31.0 Å². The number of benzene rings is 1. The van der Waals surface area contributed by atoms with Gasteiger partial charge in [-0.1, -0.05) is 12.1 Å². The molecule has 0 amide bonds. The Morgan fingerprint density at radius 3 is 2.33 bits per heavy atom. The van der Waals surface area contributed by atoms with Gasteiger partial charge in [-0.3, -0.25) is 0 Å². The molecule has 8 heteroatoms. The minimum Gasteiger partial charge on any atom is -0.395 e. The smallest absolute Gasteiger partial charge is 0.211 e. The lowest BCUT2D eigenvalue weighted by Gasteiger charge is -2.18. The maximum Gasteiger partial charge on any atom is 0.211 e. The van der Waals surface area contributed by atoms with Gasteiger partial charge in [0.2, 0.25) is 10.0 Å². The summed E-state index contributed by atoms with van der Waals surface area (Å²) in [7, 11) is -6.86. The van der Waals surface area contributed by atoms with Crippen LogP contribution in [0.3, 0.4) is 0 Å². The molecule has 0 radical (unpaired) electrons. The molecule has 21 heavy (non-hydrogen) atoms. The molecule has 1 aromatic rings. The molecule has 0 heterocycles. The molecule has 0 aliphatic carbocycles. The van der Waals surface area contributed by atoms with Crippen molar-refractivity contribution in [1.82, 2.24) is 4.31 Å². The van der Waals surface area contributed by atoms with Gasteiger partial charge in [0.15, 0.2) is 9.84 Å². The van der Waals surface area contributed by atoms with E-state index in [4.69, 9.17) is 5.11 Å². The lowest BCUT2D eigenvalue weighted by Crippen LogP contribution is -2.34. The third kappa shape index (κ3) is 5.74. The molecule has 0 aromatic heterocycles. The van der Waals surface area contributed by atoms with Gasteiger partial charge in [-0.25, -0.2) is 16.8 Å². The maximum absolute atomic E-state index is 12.2. The summed E-state index contributed by atoms with van der Waals surface area (Å²) in [4.78, 5) is 0.246. The second-order valence-corrected chi connectivity index (χ2v) is 8.97. The first-order valence-corrected chi connectivity index (χ1v) is 10.0. The summed E-state index contributed by atoms with van der Waals surface area (Å²) >= 11 is 0. The minimum absolute atomic E-state index is 0.0245. The minimum atomic E-state index is -3.44. The van der Waals surface area contributed by atoms with Gasteiger partial charge in [0.05, 0.1) is 23.5 Å². The summed E-state index contributed by atoms with van der Waals surface area (Å²) in [5.74, 6) is -0.131. The molecule has 0 aliphatic rings. The van der Waals surface area contributed by atoms with Gasteiger partial charge in [-0.15, -0.1) is 0 Å². The number of hydrogen-bond donors (Lipinski definition) is 1. The highest BCUT2D eigenvalue weighted by Gasteiger charge is 2.19. The molecule has 0 saturated heterocycles. The molecule has 6 nitrogen and oxygen atoms in total. The summed E-state index contributed by atoms with van der Waals surface area (Å²) in [6.07, 6.45) is 1.22. The average Bonchev–Trinajstić information content (AvgIpc) is 2.36. The zero-order valence-corrected chi connectivity index (χ0v) is 13.8. The Bertz CT molecular complexity index is 668. The largest absolute Gasteiger partial charge is 0.395 e. The molecular weight excluding hydrogens is 314 g/mol. The predicted octanol–water partition coefficient (Wildman–Crippen LogP) is 0.413. The van der Waals surface area contributed by atoms with E-state index >= 15 is 0 Å². The average molecular weight is 335 g/mol. The van der Waals surface area contributed by atoms with E-state index in [0.717, 1.165) is 16.1 Å². The van der Waals surface area contributed by atoms with Crippen LogP contribution in [0.5, 0.6) is 0 Å². The summed E-state index contributed by atoms with van der Waals surface area (Å²) in [5, 5.41) is 8.84. The Hall–Kier alpha value is -0.960. The zero-order valence-electron chi connectivity index (χ0n) is 12.2. The number of aryl methyl sites for hydroxylation is 1. The van der Waals surface area contributed by atoms with E-state index in [1.54, 1.807) is 12.1 Å². The third-order valence-electron chi connectivity index (χ3n) is 2.99. The quantitative estimate of drug-likeness (QED) is 0.743. The van der Waals surface area contributed by atoms with Crippen LogP contribution in [0.2, 0.25) is 0 Å². The van der Waals surface area contributed by atoms with Crippen LogP contribution < -0.4 is 0 Å². The molecule has 1 rings (SSSR count). The highest BCUT2D eigenvalue weighted by molar-refractivity contribution is 7.91. The number of rotatable bonds is 8. The van der Waals surface area contributed by atoms with Gasteiger partial charge >= 0.3 is 0 Å². The van der Waals surface area contributed by atoms with Gasteiger partial charge in [0, 0.05) is 13.1 Å². The topological polar surface area (TPSA) is 91.8 Å². The van der Waals surface area contributed by atoms with Crippen LogP contribution in [0.25, 0.3) is 0 Å². The van der Waals surface area contributed by atoms with Crippen LogP contribution in [-0.2, 0) is 19.9 Å². The Morgan fingerprint density at radius 1 is 1.14 bits per heavy atom. The summed E-state index contributed by atoms with van der Waals surface area (Å²) in [6, 6.07) is 6.62. The first-order chi connectivity index (χ1) is 9.66. The van der Waals surface area contributed by atoms with Gasteiger partial charge in [0.1, 0.15) is 0 Å². The Morgan fingerprint density at radius 2 is 1.81 bits per heavy atom. The number of sulfonamides is 1. The van der Waals surface area contributed by atoms with Gasteiger partial charge in [-0.2, -0.15) is 4.31 Å². The van der Waals surface area contributed by atoms with Crippen molar-refractivity contribution in [1.29, 1.82) is 0 Å². The number of aliphatic hydroxyl groups is 1. The molecule has 0 atom stereocenters. The lowest BCUT2D eigenvalue weighted by atomic mass is 10.2. The molecule has 0 bridgehead atoms. The molecule has 0 saturated carbocycles. The first-order valence-electron chi connectivity index (χ1n) is 6.52. The summed E-state index contributed by atoms with van der Waals surface area (Å²) < 4.78 is 48.3. The van der Waals surface area contributed by atoms with Crippen molar-refractivity contribution in [2.75, 3.05) is 31.7 Å². The number of nitrogens with zero attached hydrogens (tertiary/aromatic N) is 1. The van der Waals surface area contributed by atoms with Crippen LogP contribution in [0.1, 0.15) is 12.0 Å². The van der Waals surface area contributed by atoms with Crippen molar-refractivity contribution in [3.05, 3.63) is 29.8 Å². The van der Waals surface area contributed by atoms with E-state index in [1.165, 1.54) is 6.07 Å². The van der Waals surface area contributed by atoms with Crippen molar-refractivity contribution in [2.24, 2.45) is 0 Å². The third-order valence-corrected chi connectivity index (χ3v) is 6.09. The monoisotopic (exact) mass is 335 g/mol. The Balaban J connectivity index is 2.70. The highest BCUT2D eigenvalue weighted by Crippen LogP contribution is 2.14. The molecular formula is C13H21NO5S2. The van der Waals surface area contributed by atoms with E-state index in [-0.39, 0.29) is 36.8 Å². The van der Waals surface area contributed by atoms with Crippen LogP contribution in [0.15, 0.2) is 29.2 Å². The molecule has 0 spiro atoms. The van der Waals surface area contributed by atoms with Crippen molar-refractivity contribution >= 4 is 19.9 Å². The normalized spacial score (nSPS) is 12.8. The second kappa shape index (κ2) is 7.35. The molecule has 1 N–H and O–H groups in total. The van der Waals surface area contributed by atoms with E-state index in [0.29, 0.717) is 0 Å². The fraction of sp³-hybridized carbons (Fsp3) is 0.538. The first kappa shape index (κ1) is 18.1. The predicted molar refractivity (Wildman–Crippen MR) is 81.4 cm³/mol. The lowest BCUT2D eigenvalue weighted by molar-refractivity contribution is 0.254. The van der Waals surface area contributed by atoms with Crippen LogP contribution in [-0.4, -0.2) is 58.0 Å². The van der Waals surface area contributed by atoms with Crippen LogP contribution in [0.4, 0.5) is 0 Å². The van der Waals surface area contributed by atoms with Gasteiger partial charge in [0.25, 0.3) is 0 Å². The Labute approximate surface area is 126 Å². The van der Waals surface area contributed by atoms with E-state index in [1.807, 2.05) is 13.0 Å². The fourth-order valence-corrected chi connectivity index (χ4v) is 4.18. The molecule has 1 aromatic carbocycles. The van der Waals surface area contributed by atoms with E-state index < -0.39 is 19.9 Å².